The number of benzene rings is 3. The molecule has 0 aliphatic carbocycles. The first-order valence-electron chi connectivity index (χ1n) is 10.3. The zero-order valence-electron chi connectivity index (χ0n) is 17.9. The van der Waals surface area contributed by atoms with E-state index in [0.29, 0.717) is 38.6 Å². The number of carbonyl (C=O) groups excluding carboxylic acids is 1. The van der Waals surface area contributed by atoms with Gasteiger partial charge >= 0.3 is 0 Å². The molecule has 8 nitrogen and oxygen atoms in total. The van der Waals surface area contributed by atoms with E-state index in [4.69, 9.17) is 16.3 Å². The Morgan fingerprint density at radius 2 is 1.79 bits per heavy atom. The fourth-order valence-electron chi connectivity index (χ4n) is 3.13. The molecule has 0 atom stereocenters. The number of hydrogen-bond acceptors (Lipinski definition) is 7. The van der Waals surface area contributed by atoms with Gasteiger partial charge in [0, 0.05) is 23.4 Å². The Labute approximate surface area is 204 Å². The minimum Gasteiger partial charge on any atom is -0.494 e. The van der Waals surface area contributed by atoms with Crippen molar-refractivity contribution < 1.29 is 14.5 Å². The molecule has 172 valence electrons. The molecule has 4 aromatic rings. The predicted molar refractivity (Wildman–Crippen MR) is 135 cm³/mol. The molecular weight excluding hydrogens is 476 g/mol. The minimum atomic E-state index is -0.477. The van der Waals surface area contributed by atoms with Crippen molar-refractivity contribution in [3.05, 3.63) is 92.8 Å². The number of nitro groups is 1. The van der Waals surface area contributed by atoms with E-state index in [1.807, 2.05) is 31.2 Å². The average molecular weight is 495 g/mol. The fraction of sp³-hybridized carbons (Fsp3) is 0.0833. The molecule has 4 rings (SSSR count). The van der Waals surface area contributed by atoms with Crippen molar-refractivity contribution in [2.75, 3.05) is 17.2 Å². The highest BCUT2D eigenvalue weighted by Gasteiger charge is 2.21. The molecule has 34 heavy (non-hydrogen) atoms. The van der Waals surface area contributed by atoms with Crippen molar-refractivity contribution in [3.63, 3.8) is 0 Å². The monoisotopic (exact) mass is 494 g/mol. The van der Waals surface area contributed by atoms with Crippen molar-refractivity contribution in [1.82, 2.24) is 4.98 Å². The number of carbonyl (C=O) groups is 1. The summed E-state index contributed by atoms with van der Waals surface area (Å²) in [6, 6.07) is 20.2. The molecule has 0 fully saturated rings. The van der Waals surface area contributed by atoms with Crippen LogP contribution in [0.4, 0.5) is 22.2 Å². The first-order chi connectivity index (χ1) is 16.4. The summed E-state index contributed by atoms with van der Waals surface area (Å²) in [5.74, 6) is 0.359. The van der Waals surface area contributed by atoms with E-state index in [0.717, 1.165) is 22.8 Å². The summed E-state index contributed by atoms with van der Waals surface area (Å²) < 4.78 is 5.46. The van der Waals surface area contributed by atoms with E-state index in [9.17, 15) is 14.9 Å². The number of rotatable bonds is 8. The van der Waals surface area contributed by atoms with Gasteiger partial charge in [0.05, 0.1) is 27.9 Å². The number of non-ortho nitro benzene ring substituents is 1. The molecule has 1 heterocycles. The number of nitro benzene ring substituents is 1. The van der Waals surface area contributed by atoms with Gasteiger partial charge in [-0.3, -0.25) is 14.9 Å². The molecule has 3 aromatic carbocycles. The van der Waals surface area contributed by atoms with E-state index < -0.39 is 10.8 Å². The Morgan fingerprint density at radius 3 is 2.44 bits per heavy atom. The fourth-order valence-corrected chi connectivity index (χ4v) is 4.22. The van der Waals surface area contributed by atoms with Gasteiger partial charge in [-0.05, 0) is 55.5 Å². The molecule has 0 spiro atoms. The zero-order valence-corrected chi connectivity index (χ0v) is 19.5. The Bertz CT molecular complexity index is 1320. The molecule has 1 amide bonds. The molecule has 1 aromatic heterocycles. The van der Waals surface area contributed by atoms with Crippen molar-refractivity contribution in [1.29, 1.82) is 0 Å². The second-order valence-corrected chi connectivity index (χ2v) is 8.42. The second-order valence-electron chi connectivity index (χ2n) is 7.02. The van der Waals surface area contributed by atoms with Gasteiger partial charge in [-0.25, -0.2) is 4.98 Å². The number of nitrogens with one attached hydrogen (secondary N) is 2. The molecule has 10 heteroatoms. The first kappa shape index (κ1) is 23.2. The van der Waals surface area contributed by atoms with Gasteiger partial charge in [0.2, 0.25) is 0 Å². The number of amides is 1. The van der Waals surface area contributed by atoms with Crippen LogP contribution in [0, 0.1) is 10.1 Å². The van der Waals surface area contributed by atoms with E-state index in [1.54, 1.807) is 36.4 Å². The molecule has 0 bridgehead atoms. The summed E-state index contributed by atoms with van der Waals surface area (Å²) in [7, 11) is 0. The molecule has 0 saturated heterocycles. The van der Waals surface area contributed by atoms with Crippen LogP contribution in [0.3, 0.4) is 0 Å². The topological polar surface area (TPSA) is 106 Å². The number of hydrogen-bond donors (Lipinski definition) is 2. The molecule has 0 aliphatic heterocycles. The number of anilines is 3. The maximum Gasteiger partial charge on any atom is 0.269 e. The average Bonchev–Trinajstić information content (AvgIpc) is 3.26. The number of nitrogens with zero attached hydrogens (tertiary/aromatic N) is 2. The van der Waals surface area contributed by atoms with Crippen LogP contribution in [0.5, 0.6) is 5.75 Å². The maximum atomic E-state index is 13.2. The van der Waals surface area contributed by atoms with Crippen molar-refractivity contribution >= 4 is 51.0 Å². The van der Waals surface area contributed by atoms with Crippen LogP contribution in [-0.4, -0.2) is 22.4 Å². The summed E-state index contributed by atoms with van der Waals surface area (Å²) in [6.07, 6.45) is 0. The summed E-state index contributed by atoms with van der Waals surface area (Å²) in [5.41, 5.74) is 2.17. The van der Waals surface area contributed by atoms with Gasteiger partial charge in [-0.15, -0.1) is 0 Å². The Kier molecular flexibility index (Phi) is 7.05. The molecule has 0 radical (unpaired) electrons. The van der Waals surface area contributed by atoms with Crippen molar-refractivity contribution in [3.8, 4) is 17.0 Å². The lowest BCUT2D eigenvalue weighted by Crippen LogP contribution is -2.11. The van der Waals surface area contributed by atoms with E-state index in [-0.39, 0.29) is 5.69 Å². The lowest BCUT2D eigenvalue weighted by Gasteiger charge is -2.07. The van der Waals surface area contributed by atoms with Gasteiger partial charge in [0.25, 0.3) is 11.6 Å². The SMILES string of the molecule is CCOc1ccc(Nc2nc(-c3ccc([N+](=O)[O-])cc3)c(C(=O)Nc3ccccc3Cl)s2)cc1. The first-order valence-corrected chi connectivity index (χ1v) is 11.5. The van der Waals surface area contributed by atoms with Crippen molar-refractivity contribution in [2.45, 2.75) is 6.92 Å². The van der Waals surface area contributed by atoms with Crippen LogP contribution >= 0.6 is 22.9 Å². The number of para-hydroxylation sites is 1. The van der Waals surface area contributed by atoms with E-state index in [2.05, 4.69) is 15.6 Å². The van der Waals surface area contributed by atoms with E-state index >= 15 is 0 Å². The third kappa shape index (κ3) is 5.33. The van der Waals surface area contributed by atoms with Crippen LogP contribution in [0.25, 0.3) is 11.3 Å². The highest BCUT2D eigenvalue weighted by atomic mass is 35.5. The Morgan fingerprint density at radius 1 is 1.09 bits per heavy atom. The highest BCUT2D eigenvalue weighted by molar-refractivity contribution is 7.18. The van der Waals surface area contributed by atoms with Gasteiger partial charge < -0.3 is 15.4 Å². The highest BCUT2D eigenvalue weighted by Crippen LogP contribution is 2.35. The van der Waals surface area contributed by atoms with E-state index in [1.165, 1.54) is 12.1 Å². The summed E-state index contributed by atoms with van der Waals surface area (Å²) >= 11 is 7.36. The van der Waals surface area contributed by atoms with Gasteiger partial charge in [-0.2, -0.15) is 0 Å². The van der Waals surface area contributed by atoms with Crippen LogP contribution < -0.4 is 15.4 Å². The summed E-state index contributed by atoms with van der Waals surface area (Å²) in [6.45, 7) is 2.48. The Hall–Kier alpha value is -3.95. The summed E-state index contributed by atoms with van der Waals surface area (Å²) in [5, 5.41) is 17.9. The van der Waals surface area contributed by atoms with Crippen LogP contribution in [0.1, 0.15) is 16.6 Å². The largest absolute Gasteiger partial charge is 0.494 e. The lowest BCUT2D eigenvalue weighted by molar-refractivity contribution is -0.384. The summed E-state index contributed by atoms with van der Waals surface area (Å²) in [4.78, 5) is 28.7. The molecule has 0 saturated carbocycles. The number of aromatic nitrogens is 1. The lowest BCUT2D eigenvalue weighted by atomic mass is 10.1. The Balaban J connectivity index is 1.67. The van der Waals surface area contributed by atoms with Crippen molar-refractivity contribution in [2.24, 2.45) is 0 Å². The zero-order chi connectivity index (χ0) is 24.1. The van der Waals surface area contributed by atoms with Gasteiger partial charge in [0.1, 0.15) is 10.6 Å². The molecule has 0 unspecified atom stereocenters. The van der Waals surface area contributed by atoms with Crippen LogP contribution in [0.15, 0.2) is 72.8 Å². The minimum absolute atomic E-state index is 0.0474. The number of ether oxygens (including phenoxy) is 1. The number of halogens is 1. The molecule has 0 aliphatic rings. The molecular formula is C24H19ClN4O4S. The maximum absolute atomic E-state index is 13.2. The standard InChI is InChI=1S/C24H19ClN4O4S/c1-2-33-18-13-9-16(10-14-18)26-24-28-21(15-7-11-17(12-8-15)29(31)32)22(34-24)23(30)27-20-6-4-3-5-19(20)25/h3-14H,2H2,1H3,(H,26,28)(H,27,30). The third-order valence-corrected chi connectivity index (χ3v) is 6.02. The quantitative estimate of drug-likeness (QED) is 0.207. The normalized spacial score (nSPS) is 10.5. The van der Waals surface area contributed by atoms with Gasteiger partial charge in [-0.1, -0.05) is 35.1 Å². The second kappa shape index (κ2) is 10.3. The third-order valence-electron chi connectivity index (χ3n) is 4.72. The smallest absolute Gasteiger partial charge is 0.269 e. The predicted octanol–water partition coefficient (Wildman–Crippen LogP) is 6.77. The van der Waals surface area contributed by atoms with Gasteiger partial charge in [0.15, 0.2) is 5.13 Å². The van der Waals surface area contributed by atoms with Crippen LogP contribution in [-0.2, 0) is 0 Å². The molecule has 2 N–H and O–H groups in total. The number of thiazole rings is 1. The van der Waals surface area contributed by atoms with Crippen LogP contribution in [0.2, 0.25) is 5.02 Å².